The van der Waals surface area contributed by atoms with Crippen molar-refractivity contribution in [2.24, 2.45) is 0 Å². The number of rotatable bonds is 5. The maximum absolute atomic E-state index is 9.89. The summed E-state index contributed by atoms with van der Waals surface area (Å²) in [6.45, 7) is 8.98. The van der Waals surface area contributed by atoms with E-state index in [4.69, 9.17) is 0 Å². The number of aryl methyl sites for hydroxylation is 1. The summed E-state index contributed by atoms with van der Waals surface area (Å²) in [7, 11) is 0. The van der Waals surface area contributed by atoms with Gasteiger partial charge in [-0.1, -0.05) is 13.0 Å². The lowest BCUT2D eigenvalue weighted by Gasteiger charge is -2.22. The zero-order valence-corrected chi connectivity index (χ0v) is 11.3. The summed E-state index contributed by atoms with van der Waals surface area (Å²) >= 11 is 0. The highest BCUT2D eigenvalue weighted by molar-refractivity contribution is 5.14. The topological polar surface area (TPSA) is 45.1 Å². The van der Waals surface area contributed by atoms with E-state index in [-0.39, 0.29) is 11.6 Å². The first-order valence-electron chi connectivity index (χ1n) is 6.27. The Morgan fingerprint density at radius 1 is 1.35 bits per heavy atom. The Hall–Kier alpha value is -0.930. The van der Waals surface area contributed by atoms with Crippen LogP contribution in [0, 0.1) is 0 Å². The van der Waals surface area contributed by atoms with Crippen molar-refractivity contribution in [3.05, 3.63) is 29.6 Å². The minimum absolute atomic E-state index is 0.0421. The summed E-state index contributed by atoms with van der Waals surface area (Å²) in [5.74, 6) is 0. The molecule has 0 saturated heterocycles. The molecule has 96 valence electrons. The van der Waals surface area contributed by atoms with E-state index >= 15 is 0 Å². The Morgan fingerprint density at radius 2 is 2.06 bits per heavy atom. The monoisotopic (exact) mass is 236 g/mol. The molecule has 1 atom stereocenters. The molecule has 0 spiro atoms. The molecule has 3 nitrogen and oxygen atoms in total. The van der Waals surface area contributed by atoms with Crippen molar-refractivity contribution in [1.29, 1.82) is 0 Å². The molecular weight excluding hydrogens is 212 g/mol. The van der Waals surface area contributed by atoms with Crippen LogP contribution in [0.15, 0.2) is 18.3 Å². The normalized spacial score (nSPS) is 13.7. The van der Waals surface area contributed by atoms with Gasteiger partial charge in [0.15, 0.2) is 0 Å². The number of β-amino-alcohol motifs (C(OH)–C–C–N with tert-alkyl or cyclic N) is 1. The molecule has 17 heavy (non-hydrogen) atoms. The minimum atomic E-state index is -0.380. The number of pyridine rings is 1. The fourth-order valence-corrected chi connectivity index (χ4v) is 1.52. The highest BCUT2D eigenvalue weighted by atomic mass is 16.3. The van der Waals surface area contributed by atoms with Gasteiger partial charge in [0.25, 0.3) is 0 Å². The van der Waals surface area contributed by atoms with E-state index in [2.05, 4.69) is 44.1 Å². The van der Waals surface area contributed by atoms with Crippen LogP contribution in [0.25, 0.3) is 0 Å². The Bertz CT molecular complexity index is 327. The molecule has 1 heterocycles. The van der Waals surface area contributed by atoms with E-state index in [1.807, 2.05) is 12.3 Å². The molecule has 0 aliphatic rings. The smallest absolute Gasteiger partial charge is 0.0720 e. The molecule has 0 saturated carbocycles. The van der Waals surface area contributed by atoms with Crippen molar-refractivity contribution in [1.82, 2.24) is 10.3 Å². The molecule has 0 aliphatic heterocycles. The van der Waals surface area contributed by atoms with Gasteiger partial charge in [0, 0.05) is 30.4 Å². The fourth-order valence-electron chi connectivity index (χ4n) is 1.52. The molecule has 1 unspecified atom stereocenters. The number of aliphatic hydroxyl groups excluding tert-OH is 1. The second-order valence-electron chi connectivity index (χ2n) is 5.50. The maximum atomic E-state index is 9.89. The van der Waals surface area contributed by atoms with Crippen LogP contribution in [0.3, 0.4) is 0 Å². The summed E-state index contributed by atoms with van der Waals surface area (Å²) in [6, 6.07) is 4.07. The number of nitrogens with one attached hydrogen (secondary N) is 1. The van der Waals surface area contributed by atoms with E-state index in [9.17, 15) is 5.11 Å². The van der Waals surface area contributed by atoms with Crippen LogP contribution in [-0.2, 0) is 12.8 Å². The number of aliphatic hydroxyl groups is 1. The molecule has 2 N–H and O–H groups in total. The second kappa shape index (κ2) is 6.12. The van der Waals surface area contributed by atoms with Gasteiger partial charge in [-0.05, 0) is 38.8 Å². The second-order valence-corrected chi connectivity index (χ2v) is 5.50. The van der Waals surface area contributed by atoms with Crippen LogP contribution >= 0.6 is 0 Å². The third-order valence-electron chi connectivity index (χ3n) is 2.61. The summed E-state index contributed by atoms with van der Waals surface area (Å²) in [5, 5.41) is 13.2. The van der Waals surface area contributed by atoms with Crippen molar-refractivity contribution in [3.8, 4) is 0 Å². The molecule has 0 radical (unpaired) electrons. The highest BCUT2D eigenvalue weighted by Gasteiger charge is 2.12. The van der Waals surface area contributed by atoms with Crippen molar-refractivity contribution in [3.63, 3.8) is 0 Å². The summed E-state index contributed by atoms with van der Waals surface area (Å²) in [6.07, 6.45) is 3.11. The van der Waals surface area contributed by atoms with Gasteiger partial charge < -0.3 is 10.4 Å². The lowest BCUT2D eigenvalue weighted by Crippen LogP contribution is -2.41. The third kappa shape index (κ3) is 5.80. The summed E-state index contributed by atoms with van der Waals surface area (Å²) < 4.78 is 0. The van der Waals surface area contributed by atoms with Gasteiger partial charge >= 0.3 is 0 Å². The molecule has 0 aliphatic carbocycles. The van der Waals surface area contributed by atoms with Gasteiger partial charge in [-0.2, -0.15) is 0 Å². The molecular formula is C14H24N2O. The van der Waals surface area contributed by atoms with Gasteiger partial charge in [0.2, 0.25) is 0 Å². The van der Waals surface area contributed by atoms with Gasteiger partial charge in [-0.3, -0.25) is 4.98 Å². The lowest BCUT2D eigenvalue weighted by atomic mass is 10.1. The van der Waals surface area contributed by atoms with E-state index < -0.39 is 0 Å². The number of hydrogen-bond donors (Lipinski definition) is 2. The standard InChI is InChI=1S/C14H24N2O/c1-5-11-6-7-12(15-9-11)8-13(17)10-16-14(2,3)4/h6-7,9,13,16-17H,5,8,10H2,1-4H3. The Balaban J connectivity index is 2.42. The van der Waals surface area contributed by atoms with Gasteiger partial charge in [0.05, 0.1) is 6.10 Å². The van der Waals surface area contributed by atoms with Crippen molar-refractivity contribution in [2.75, 3.05) is 6.54 Å². The third-order valence-corrected chi connectivity index (χ3v) is 2.61. The van der Waals surface area contributed by atoms with Crippen molar-refractivity contribution < 1.29 is 5.11 Å². The van der Waals surface area contributed by atoms with Crippen molar-refractivity contribution in [2.45, 2.75) is 52.2 Å². The van der Waals surface area contributed by atoms with Crippen LogP contribution in [0.1, 0.15) is 39.0 Å². The largest absolute Gasteiger partial charge is 0.391 e. The predicted molar refractivity (Wildman–Crippen MR) is 71.1 cm³/mol. The molecule has 1 aromatic rings. The number of nitrogens with zero attached hydrogens (tertiary/aromatic N) is 1. The lowest BCUT2D eigenvalue weighted by molar-refractivity contribution is 0.160. The zero-order chi connectivity index (χ0) is 12.9. The van der Waals surface area contributed by atoms with E-state index in [0.29, 0.717) is 13.0 Å². The molecule has 0 aromatic carbocycles. The SMILES string of the molecule is CCc1ccc(CC(O)CNC(C)(C)C)nc1. The Kier molecular flexibility index (Phi) is 5.09. The zero-order valence-electron chi connectivity index (χ0n) is 11.3. The van der Waals surface area contributed by atoms with Crippen LogP contribution in [0.2, 0.25) is 0 Å². The van der Waals surface area contributed by atoms with Crippen LogP contribution in [0.4, 0.5) is 0 Å². The van der Waals surface area contributed by atoms with Gasteiger partial charge in [-0.15, -0.1) is 0 Å². The fraction of sp³-hybridized carbons (Fsp3) is 0.643. The first-order chi connectivity index (χ1) is 7.90. The Morgan fingerprint density at radius 3 is 2.53 bits per heavy atom. The van der Waals surface area contributed by atoms with Crippen LogP contribution in [0.5, 0.6) is 0 Å². The van der Waals surface area contributed by atoms with E-state index in [1.54, 1.807) is 0 Å². The number of hydrogen-bond acceptors (Lipinski definition) is 3. The average molecular weight is 236 g/mol. The first kappa shape index (κ1) is 14.1. The van der Waals surface area contributed by atoms with E-state index in [1.165, 1.54) is 5.56 Å². The molecule has 3 heteroatoms. The number of aromatic nitrogens is 1. The molecule has 1 rings (SSSR count). The first-order valence-corrected chi connectivity index (χ1v) is 6.27. The Labute approximate surface area is 104 Å². The summed E-state index contributed by atoms with van der Waals surface area (Å²) in [5.41, 5.74) is 2.22. The highest BCUT2D eigenvalue weighted by Crippen LogP contribution is 2.05. The molecule has 0 bridgehead atoms. The predicted octanol–water partition coefficient (Wildman–Crippen LogP) is 1.94. The molecule has 0 fully saturated rings. The van der Waals surface area contributed by atoms with Gasteiger partial charge in [-0.25, -0.2) is 0 Å². The van der Waals surface area contributed by atoms with Gasteiger partial charge in [0.1, 0.15) is 0 Å². The van der Waals surface area contributed by atoms with Crippen LogP contribution < -0.4 is 5.32 Å². The van der Waals surface area contributed by atoms with Crippen molar-refractivity contribution >= 4 is 0 Å². The van der Waals surface area contributed by atoms with E-state index in [0.717, 1.165) is 12.1 Å². The average Bonchev–Trinajstić information content (AvgIpc) is 2.27. The maximum Gasteiger partial charge on any atom is 0.0720 e. The quantitative estimate of drug-likeness (QED) is 0.821. The molecule has 0 amide bonds. The summed E-state index contributed by atoms with van der Waals surface area (Å²) in [4.78, 5) is 4.35. The minimum Gasteiger partial charge on any atom is -0.391 e. The molecule has 1 aromatic heterocycles. The van der Waals surface area contributed by atoms with Crippen LogP contribution in [-0.4, -0.2) is 28.3 Å².